The van der Waals surface area contributed by atoms with Gasteiger partial charge in [-0.1, -0.05) is 125 Å². The first kappa shape index (κ1) is 34.8. The minimum atomic E-state index is -0.293. The summed E-state index contributed by atoms with van der Waals surface area (Å²) in [6, 6.07) is 36.0. The van der Waals surface area contributed by atoms with Crippen molar-refractivity contribution in [3.05, 3.63) is 125 Å². The average molecular weight is 676 g/mol. The topological polar surface area (TPSA) is 31.2 Å². The van der Waals surface area contributed by atoms with Gasteiger partial charge in [0, 0.05) is 21.9 Å². The predicted molar refractivity (Wildman–Crippen MR) is 215 cm³/mol. The van der Waals surface area contributed by atoms with Gasteiger partial charge in [0.1, 0.15) is 0 Å². The highest BCUT2D eigenvalue weighted by atomic mass is 16.5. The Balaban J connectivity index is 1.36. The van der Waals surface area contributed by atoms with Crippen LogP contribution in [0.3, 0.4) is 0 Å². The first-order chi connectivity index (χ1) is 24.9. The van der Waals surface area contributed by atoms with E-state index in [4.69, 9.17) is 4.74 Å². The van der Waals surface area contributed by atoms with Crippen molar-refractivity contribution < 1.29 is 9.53 Å². The van der Waals surface area contributed by atoms with E-state index in [0.29, 0.717) is 12.2 Å². The van der Waals surface area contributed by atoms with Crippen molar-refractivity contribution in [2.24, 2.45) is 0 Å². The fourth-order valence-electron chi connectivity index (χ4n) is 8.74. The van der Waals surface area contributed by atoms with E-state index in [1.807, 2.05) is 25.1 Å². The molecule has 7 rings (SSSR count). The van der Waals surface area contributed by atoms with Crippen molar-refractivity contribution in [2.75, 3.05) is 6.61 Å². The van der Waals surface area contributed by atoms with Crippen LogP contribution in [-0.2, 0) is 10.2 Å². The molecule has 3 nitrogen and oxygen atoms in total. The number of ether oxygens (including phenoxy) is 1. The molecule has 0 radical (unpaired) electrons. The van der Waals surface area contributed by atoms with E-state index in [2.05, 4.69) is 111 Å². The smallest absolute Gasteiger partial charge is 0.338 e. The van der Waals surface area contributed by atoms with Gasteiger partial charge in [0.05, 0.1) is 23.2 Å². The van der Waals surface area contributed by atoms with Gasteiger partial charge >= 0.3 is 5.97 Å². The number of hydrogen-bond donors (Lipinski definition) is 0. The molecular formula is C48H53NO2. The Kier molecular flexibility index (Phi) is 10.2. The maximum Gasteiger partial charge on any atom is 0.338 e. The maximum absolute atomic E-state index is 12.7. The third-order valence-corrected chi connectivity index (χ3v) is 11.3. The molecule has 0 unspecified atom stereocenters. The first-order valence-electron chi connectivity index (χ1n) is 19.5. The summed E-state index contributed by atoms with van der Waals surface area (Å²) < 4.78 is 7.63. The van der Waals surface area contributed by atoms with Crippen molar-refractivity contribution in [2.45, 2.75) is 104 Å². The Labute approximate surface area is 304 Å². The van der Waals surface area contributed by atoms with Crippen LogP contribution in [0, 0.1) is 13.8 Å². The Hall–Kier alpha value is -4.63. The summed E-state index contributed by atoms with van der Waals surface area (Å²) in [6.07, 6.45) is 12.7. The number of aryl methyl sites for hydroxylation is 2. The number of carbonyl (C=O) groups is 1. The minimum absolute atomic E-state index is 0.0510. The molecule has 0 atom stereocenters. The van der Waals surface area contributed by atoms with Crippen molar-refractivity contribution >= 4 is 27.8 Å². The number of carbonyl (C=O) groups excluding carboxylic acids is 1. The molecule has 3 heteroatoms. The van der Waals surface area contributed by atoms with E-state index in [9.17, 15) is 4.79 Å². The number of rotatable bonds is 14. The highest BCUT2D eigenvalue weighted by molar-refractivity contribution is 6.11. The van der Waals surface area contributed by atoms with Gasteiger partial charge in [0.15, 0.2) is 0 Å². The molecule has 1 aromatic heterocycles. The van der Waals surface area contributed by atoms with Crippen LogP contribution in [0.25, 0.3) is 49.7 Å². The van der Waals surface area contributed by atoms with E-state index in [0.717, 1.165) is 16.7 Å². The van der Waals surface area contributed by atoms with E-state index < -0.39 is 0 Å². The molecule has 51 heavy (non-hydrogen) atoms. The van der Waals surface area contributed by atoms with Crippen molar-refractivity contribution in [3.63, 3.8) is 0 Å². The molecule has 5 aromatic carbocycles. The van der Waals surface area contributed by atoms with Crippen molar-refractivity contribution in [3.8, 4) is 27.9 Å². The second-order valence-electron chi connectivity index (χ2n) is 14.9. The van der Waals surface area contributed by atoms with Crippen LogP contribution in [0.1, 0.15) is 118 Å². The Morgan fingerprint density at radius 2 is 1.20 bits per heavy atom. The highest BCUT2D eigenvalue weighted by Crippen LogP contribution is 2.55. The molecule has 6 aromatic rings. The number of hydrogen-bond acceptors (Lipinski definition) is 2. The number of fused-ring (bicyclic) bond motifs is 6. The van der Waals surface area contributed by atoms with Gasteiger partial charge in [0.2, 0.25) is 0 Å². The number of benzene rings is 5. The Bertz CT molecular complexity index is 2190. The second-order valence-corrected chi connectivity index (χ2v) is 14.9. The summed E-state index contributed by atoms with van der Waals surface area (Å²) in [5.41, 5.74) is 14.9. The number of nitrogens with zero attached hydrogens (tertiary/aromatic N) is 1. The van der Waals surface area contributed by atoms with Gasteiger partial charge < -0.3 is 9.30 Å². The molecule has 0 saturated heterocycles. The third-order valence-electron chi connectivity index (χ3n) is 11.3. The van der Waals surface area contributed by atoms with Crippen LogP contribution in [0.4, 0.5) is 0 Å². The summed E-state index contributed by atoms with van der Waals surface area (Å²) in [7, 11) is 0. The molecule has 0 amide bonds. The summed E-state index contributed by atoms with van der Waals surface area (Å²) >= 11 is 0. The zero-order chi connectivity index (χ0) is 35.5. The summed E-state index contributed by atoms with van der Waals surface area (Å²) in [5.74, 6) is -0.293. The van der Waals surface area contributed by atoms with Gasteiger partial charge in [-0.2, -0.15) is 0 Å². The molecule has 0 bridgehead atoms. The van der Waals surface area contributed by atoms with Crippen LogP contribution >= 0.6 is 0 Å². The molecule has 1 aliphatic carbocycles. The fraction of sp³-hybridized carbons (Fsp3) is 0.354. The SMILES string of the molecule is CCCCCCC1(CCCCCC)c2cc(C)ccc2-c2ccc(-c3ccc4c(c3)c3cc(C)ccc3n4-c3cccc(C(=O)OCC)c3)cc21. The van der Waals surface area contributed by atoms with Crippen molar-refractivity contribution in [1.82, 2.24) is 4.57 Å². The number of unbranched alkanes of at least 4 members (excludes halogenated alkanes) is 6. The third kappa shape index (κ3) is 6.52. The number of esters is 1. The lowest BCUT2D eigenvalue weighted by atomic mass is 9.70. The van der Waals surface area contributed by atoms with E-state index >= 15 is 0 Å². The van der Waals surface area contributed by atoms with E-state index in [-0.39, 0.29) is 11.4 Å². The molecular weight excluding hydrogens is 623 g/mol. The standard InChI is InChI=1S/C48H53NO2/c1-6-9-11-13-26-48(27-14-12-10-7-2)43-29-34(5)18-22-39(43)40-23-20-36(32-44(40)48)35-21-25-46-42(31-35)41-28-33(4)19-24-45(41)49(46)38-17-15-16-37(30-38)47(50)51-8-3/h15-25,28-32H,6-14,26-27H2,1-5H3. The van der Waals surface area contributed by atoms with E-state index in [1.165, 1.54) is 114 Å². The van der Waals surface area contributed by atoms with Gasteiger partial charge in [-0.3, -0.25) is 0 Å². The largest absolute Gasteiger partial charge is 0.462 e. The Morgan fingerprint density at radius 3 is 1.90 bits per heavy atom. The molecule has 262 valence electrons. The van der Waals surface area contributed by atoms with Gasteiger partial charge in [-0.05, 0) is 116 Å². The quantitative estimate of drug-likeness (QED) is 0.0850. The lowest BCUT2D eigenvalue weighted by Crippen LogP contribution is -2.25. The lowest BCUT2D eigenvalue weighted by Gasteiger charge is -2.33. The molecule has 0 N–H and O–H groups in total. The maximum atomic E-state index is 12.7. The van der Waals surface area contributed by atoms with Crippen LogP contribution in [0.5, 0.6) is 0 Å². The summed E-state index contributed by atoms with van der Waals surface area (Å²) in [4.78, 5) is 12.7. The lowest BCUT2D eigenvalue weighted by molar-refractivity contribution is 0.0526. The molecule has 0 aliphatic heterocycles. The van der Waals surface area contributed by atoms with Crippen molar-refractivity contribution in [1.29, 1.82) is 0 Å². The molecule has 0 spiro atoms. The van der Waals surface area contributed by atoms with Gasteiger partial charge in [0.25, 0.3) is 0 Å². The molecule has 1 heterocycles. The predicted octanol–water partition coefficient (Wildman–Crippen LogP) is 13.5. The second kappa shape index (κ2) is 14.9. The highest BCUT2D eigenvalue weighted by Gasteiger charge is 2.42. The normalized spacial score (nSPS) is 13.1. The average Bonchev–Trinajstić information content (AvgIpc) is 3.60. The molecule has 0 saturated carbocycles. The van der Waals surface area contributed by atoms with Crippen LogP contribution in [0.15, 0.2) is 97.1 Å². The number of aromatic nitrogens is 1. The monoisotopic (exact) mass is 675 g/mol. The zero-order valence-electron chi connectivity index (χ0n) is 31.3. The van der Waals surface area contributed by atoms with Crippen LogP contribution in [-0.4, -0.2) is 17.1 Å². The first-order valence-corrected chi connectivity index (χ1v) is 19.5. The summed E-state index contributed by atoms with van der Waals surface area (Å²) in [6.45, 7) is 11.2. The Morgan fingerprint density at radius 1 is 0.608 bits per heavy atom. The van der Waals surface area contributed by atoms with Crippen LogP contribution in [0.2, 0.25) is 0 Å². The zero-order valence-corrected chi connectivity index (χ0v) is 31.3. The fourth-order valence-corrected chi connectivity index (χ4v) is 8.74. The molecule has 1 aliphatic rings. The summed E-state index contributed by atoms with van der Waals surface area (Å²) in [5, 5.41) is 2.44. The minimum Gasteiger partial charge on any atom is -0.462 e. The van der Waals surface area contributed by atoms with E-state index in [1.54, 1.807) is 5.56 Å². The van der Waals surface area contributed by atoms with Gasteiger partial charge in [-0.25, -0.2) is 4.79 Å². The van der Waals surface area contributed by atoms with Gasteiger partial charge in [-0.15, -0.1) is 0 Å². The molecule has 0 fully saturated rings. The van der Waals surface area contributed by atoms with Crippen LogP contribution < -0.4 is 0 Å².